The molecule has 10 nitrogen and oxygen atoms in total. The van der Waals surface area contributed by atoms with Crippen molar-refractivity contribution < 1.29 is 27.2 Å². The third kappa shape index (κ3) is 5.46. The molecule has 3 amide bonds. The molecule has 0 saturated carbocycles. The van der Waals surface area contributed by atoms with E-state index in [1.807, 2.05) is 0 Å². The molecule has 1 aliphatic heterocycles. The summed E-state index contributed by atoms with van der Waals surface area (Å²) in [5, 5.41) is 4.61. The summed E-state index contributed by atoms with van der Waals surface area (Å²) < 4.78 is 55.0. The number of hydrogen-bond acceptors (Lipinski definition) is 6. The number of alkyl halides is 4. The third-order valence-electron chi connectivity index (χ3n) is 5.82. The van der Waals surface area contributed by atoms with Gasteiger partial charge in [0.15, 0.2) is 0 Å². The van der Waals surface area contributed by atoms with Crippen LogP contribution in [0.15, 0.2) is 29.3 Å². The SMILES string of the molecule is CNC(=O)c1cc(N2CCC(N(C)C(=O)Nc3cc(C(F)(F)F)cn(C)c3=O)C(F)C2)cnc1N. The Hall–Kier alpha value is -3.84. The summed E-state index contributed by atoms with van der Waals surface area (Å²) in [4.78, 5) is 43.5. The molecule has 4 N–H and O–H groups in total. The summed E-state index contributed by atoms with van der Waals surface area (Å²) in [6.45, 7) is 0.166. The highest BCUT2D eigenvalue weighted by Crippen LogP contribution is 2.30. The molecular formula is C21H25F4N7O3. The van der Waals surface area contributed by atoms with Gasteiger partial charge in [0, 0.05) is 33.9 Å². The van der Waals surface area contributed by atoms with Crippen LogP contribution in [0.5, 0.6) is 0 Å². The molecule has 35 heavy (non-hydrogen) atoms. The van der Waals surface area contributed by atoms with Crippen molar-refractivity contribution in [3.8, 4) is 0 Å². The number of rotatable bonds is 4. The first kappa shape index (κ1) is 25.8. The van der Waals surface area contributed by atoms with Gasteiger partial charge in [0.2, 0.25) is 0 Å². The summed E-state index contributed by atoms with van der Waals surface area (Å²) in [6.07, 6.45) is -4.05. The van der Waals surface area contributed by atoms with Gasteiger partial charge in [-0.2, -0.15) is 13.2 Å². The third-order valence-corrected chi connectivity index (χ3v) is 5.82. The quantitative estimate of drug-likeness (QED) is 0.551. The van der Waals surface area contributed by atoms with Crippen LogP contribution in [0.4, 0.5) is 39.5 Å². The number of pyridine rings is 2. The lowest BCUT2D eigenvalue weighted by molar-refractivity contribution is -0.138. The van der Waals surface area contributed by atoms with Crippen molar-refractivity contribution in [2.45, 2.75) is 24.8 Å². The van der Waals surface area contributed by atoms with E-state index in [4.69, 9.17) is 5.73 Å². The first-order chi connectivity index (χ1) is 16.3. The molecule has 0 aliphatic carbocycles. The number of halogens is 4. The van der Waals surface area contributed by atoms with Gasteiger partial charge in [0.25, 0.3) is 11.5 Å². The molecule has 3 rings (SSSR count). The summed E-state index contributed by atoms with van der Waals surface area (Å²) in [5.74, 6) is -0.419. The van der Waals surface area contributed by atoms with E-state index in [2.05, 4.69) is 15.6 Å². The van der Waals surface area contributed by atoms with E-state index in [1.54, 1.807) is 4.90 Å². The second kappa shape index (κ2) is 9.80. The number of hydrogen-bond donors (Lipinski definition) is 3. The van der Waals surface area contributed by atoms with Gasteiger partial charge in [-0.25, -0.2) is 14.2 Å². The fourth-order valence-electron chi connectivity index (χ4n) is 3.83. The van der Waals surface area contributed by atoms with Gasteiger partial charge in [0.05, 0.1) is 35.6 Å². The molecule has 1 fully saturated rings. The zero-order chi connectivity index (χ0) is 26.1. The Bertz CT molecular complexity index is 1180. The molecule has 14 heteroatoms. The highest BCUT2D eigenvalue weighted by molar-refractivity contribution is 5.99. The van der Waals surface area contributed by atoms with Crippen LogP contribution in [0, 0.1) is 0 Å². The monoisotopic (exact) mass is 499 g/mol. The maximum Gasteiger partial charge on any atom is 0.417 e. The number of nitrogens with one attached hydrogen (secondary N) is 2. The Morgan fingerprint density at radius 2 is 1.97 bits per heavy atom. The number of carbonyl (C=O) groups excluding carboxylic acids is 2. The number of anilines is 3. The number of nitrogens with zero attached hydrogens (tertiary/aromatic N) is 4. The van der Waals surface area contributed by atoms with E-state index in [1.165, 1.54) is 26.4 Å². The van der Waals surface area contributed by atoms with Crippen LogP contribution in [0.1, 0.15) is 22.3 Å². The molecule has 1 saturated heterocycles. The van der Waals surface area contributed by atoms with Crippen LogP contribution in [-0.4, -0.2) is 65.8 Å². The fourth-order valence-corrected chi connectivity index (χ4v) is 3.83. The highest BCUT2D eigenvalue weighted by Gasteiger charge is 2.36. The van der Waals surface area contributed by atoms with Gasteiger partial charge in [-0.3, -0.25) is 9.59 Å². The predicted molar refractivity (Wildman–Crippen MR) is 121 cm³/mol. The molecule has 2 aromatic rings. The van der Waals surface area contributed by atoms with Crippen LogP contribution in [0.3, 0.4) is 0 Å². The zero-order valence-corrected chi connectivity index (χ0v) is 19.2. The Morgan fingerprint density at radius 1 is 1.29 bits per heavy atom. The van der Waals surface area contributed by atoms with Crippen molar-refractivity contribution in [1.29, 1.82) is 0 Å². The average molecular weight is 499 g/mol. The maximum absolute atomic E-state index is 15.1. The van der Waals surface area contributed by atoms with Crippen LogP contribution in [0.25, 0.3) is 0 Å². The van der Waals surface area contributed by atoms with Crippen LogP contribution < -0.4 is 26.8 Å². The van der Waals surface area contributed by atoms with E-state index in [9.17, 15) is 27.6 Å². The van der Waals surface area contributed by atoms with E-state index in [-0.39, 0.29) is 24.3 Å². The minimum atomic E-state index is -4.72. The smallest absolute Gasteiger partial charge is 0.383 e. The molecule has 0 bridgehead atoms. The van der Waals surface area contributed by atoms with Crippen molar-refractivity contribution >= 4 is 29.1 Å². The Balaban J connectivity index is 1.72. The normalized spacial score (nSPS) is 18.2. The Kier molecular flexibility index (Phi) is 7.22. The van der Waals surface area contributed by atoms with Crippen molar-refractivity contribution in [2.75, 3.05) is 43.1 Å². The topological polar surface area (TPSA) is 126 Å². The molecule has 0 aromatic carbocycles. The largest absolute Gasteiger partial charge is 0.417 e. The van der Waals surface area contributed by atoms with Gasteiger partial charge in [-0.05, 0) is 18.6 Å². The minimum Gasteiger partial charge on any atom is -0.383 e. The van der Waals surface area contributed by atoms with Crippen LogP contribution in [0.2, 0.25) is 0 Å². The maximum atomic E-state index is 15.1. The number of urea groups is 1. The number of aryl methyl sites for hydroxylation is 1. The number of amides is 3. The van der Waals surface area contributed by atoms with Gasteiger partial charge < -0.3 is 30.7 Å². The van der Waals surface area contributed by atoms with Crippen molar-refractivity contribution in [3.63, 3.8) is 0 Å². The molecule has 0 spiro atoms. The van der Waals surface area contributed by atoms with Gasteiger partial charge in [-0.1, -0.05) is 0 Å². The van der Waals surface area contributed by atoms with E-state index in [0.29, 0.717) is 29.1 Å². The van der Waals surface area contributed by atoms with Gasteiger partial charge in [-0.15, -0.1) is 0 Å². The number of nitrogen functional groups attached to an aromatic ring is 1. The minimum absolute atomic E-state index is 0.0249. The molecule has 2 aromatic heterocycles. The first-order valence-corrected chi connectivity index (χ1v) is 10.5. The van der Waals surface area contributed by atoms with Crippen molar-refractivity contribution in [3.05, 3.63) is 46.0 Å². The average Bonchev–Trinajstić information content (AvgIpc) is 2.80. The molecule has 0 radical (unpaired) electrons. The summed E-state index contributed by atoms with van der Waals surface area (Å²) in [5.41, 5.74) is 3.83. The summed E-state index contributed by atoms with van der Waals surface area (Å²) >= 11 is 0. The lowest BCUT2D eigenvalue weighted by Gasteiger charge is -2.40. The Labute approximate surface area is 197 Å². The number of aromatic nitrogens is 2. The van der Waals surface area contributed by atoms with Crippen LogP contribution in [-0.2, 0) is 13.2 Å². The molecule has 3 heterocycles. The van der Waals surface area contributed by atoms with Crippen LogP contribution >= 0.6 is 0 Å². The van der Waals surface area contributed by atoms with Crippen molar-refractivity contribution in [2.24, 2.45) is 7.05 Å². The number of piperidine rings is 1. The number of carbonyl (C=O) groups is 2. The van der Waals surface area contributed by atoms with E-state index < -0.39 is 47.1 Å². The van der Waals surface area contributed by atoms with E-state index in [0.717, 1.165) is 11.9 Å². The zero-order valence-electron chi connectivity index (χ0n) is 19.2. The molecule has 1 aliphatic rings. The Morgan fingerprint density at radius 3 is 2.57 bits per heavy atom. The first-order valence-electron chi connectivity index (χ1n) is 10.5. The predicted octanol–water partition coefficient (Wildman–Crippen LogP) is 1.82. The molecule has 2 unspecified atom stereocenters. The highest BCUT2D eigenvalue weighted by atomic mass is 19.4. The summed E-state index contributed by atoms with van der Waals surface area (Å²) in [7, 11) is 3.87. The van der Waals surface area contributed by atoms with Gasteiger partial charge in [0.1, 0.15) is 17.7 Å². The lowest BCUT2D eigenvalue weighted by Crippen LogP contribution is -2.54. The fraction of sp³-hybridized carbons (Fsp3) is 0.429. The lowest BCUT2D eigenvalue weighted by atomic mass is 10.0. The second-order valence-electron chi connectivity index (χ2n) is 8.12. The van der Waals surface area contributed by atoms with E-state index >= 15 is 4.39 Å². The standard InChI is InChI=1S/C21H25F4N7O3/c1-27-18(33)13-7-12(8-28-17(13)26)32-5-4-16(14(22)10-32)31(3)20(35)29-15-6-11(21(23,24)25)9-30(2)19(15)34/h6-9,14,16H,4-5,10H2,1-3H3,(H2,26,28)(H,27,33)(H,29,35). The van der Waals surface area contributed by atoms with Gasteiger partial charge >= 0.3 is 12.2 Å². The van der Waals surface area contributed by atoms with Crippen molar-refractivity contribution in [1.82, 2.24) is 19.8 Å². The summed E-state index contributed by atoms with van der Waals surface area (Å²) in [6, 6.07) is 0.218. The molecule has 190 valence electrons. The number of nitrogens with two attached hydrogens (primary N) is 1. The molecule has 2 atom stereocenters. The molecular weight excluding hydrogens is 474 g/mol. The second-order valence-corrected chi connectivity index (χ2v) is 8.12.